The van der Waals surface area contributed by atoms with Crippen LogP contribution in [0.2, 0.25) is 5.15 Å². The standard InChI is InChI=1S/C8H9ClN4/c1-2-3-4-11-7-5-6(9)12-8(10)13-7/h5H,4H2,1H3,(H3,10,11,12,13). The van der Waals surface area contributed by atoms with Gasteiger partial charge in [0.15, 0.2) is 0 Å². The van der Waals surface area contributed by atoms with E-state index in [1.165, 1.54) is 0 Å². The predicted octanol–water partition coefficient (Wildman–Crippen LogP) is 1.15. The molecule has 3 N–H and O–H groups in total. The van der Waals surface area contributed by atoms with Gasteiger partial charge < -0.3 is 11.1 Å². The first-order valence-electron chi connectivity index (χ1n) is 3.66. The third kappa shape index (κ3) is 3.18. The van der Waals surface area contributed by atoms with Crippen molar-refractivity contribution in [2.24, 2.45) is 0 Å². The van der Waals surface area contributed by atoms with Crippen LogP contribution in [0.3, 0.4) is 0 Å². The summed E-state index contributed by atoms with van der Waals surface area (Å²) >= 11 is 5.66. The maximum atomic E-state index is 5.66. The predicted molar refractivity (Wildman–Crippen MR) is 53.4 cm³/mol. The van der Waals surface area contributed by atoms with Gasteiger partial charge in [-0.05, 0) is 6.92 Å². The number of aromatic nitrogens is 2. The number of hydrogen-bond donors (Lipinski definition) is 2. The lowest BCUT2D eigenvalue weighted by atomic mass is 10.5. The second kappa shape index (κ2) is 4.53. The van der Waals surface area contributed by atoms with Gasteiger partial charge in [0.25, 0.3) is 0 Å². The van der Waals surface area contributed by atoms with Crippen molar-refractivity contribution in [2.75, 3.05) is 17.6 Å². The molecule has 0 unspecified atom stereocenters. The molecule has 1 aromatic rings. The minimum absolute atomic E-state index is 0.152. The van der Waals surface area contributed by atoms with Crippen LogP contribution in [0.15, 0.2) is 6.07 Å². The minimum Gasteiger partial charge on any atom is -0.368 e. The molecule has 0 radical (unpaired) electrons. The number of nitrogens with zero attached hydrogens (tertiary/aromatic N) is 2. The Balaban J connectivity index is 2.69. The monoisotopic (exact) mass is 196 g/mol. The van der Waals surface area contributed by atoms with Crippen molar-refractivity contribution in [2.45, 2.75) is 6.92 Å². The molecule has 13 heavy (non-hydrogen) atoms. The molecule has 0 bridgehead atoms. The third-order valence-electron chi connectivity index (χ3n) is 1.25. The van der Waals surface area contributed by atoms with Gasteiger partial charge in [-0.3, -0.25) is 0 Å². The van der Waals surface area contributed by atoms with E-state index in [1.807, 2.05) is 0 Å². The molecule has 0 aliphatic carbocycles. The van der Waals surface area contributed by atoms with E-state index in [2.05, 4.69) is 27.1 Å². The molecule has 1 heterocycles. The summed E-state index contributed by atoms with van der Waals surface area (Å²) in [7, 11) is 0. The molecule has 0 aliphatic heterocycles. The summed E-state index contributed by atoms with van der Waals surface area (Å²) < 4.78 is 0. The van der Waals surface area contributed by atoms with Crippen LogP contribution in [-0.2, 0) is 0 Å². The molecule has 0 saturated heterocycles. The Hall–Kier alpha value is -1.47. The largest absolute Gasteiger partial charge is 0.368 e. The van der Waals surface area contributed by atoms with Gasteiger partial charge in [0.05, 0.1) is 6.54 Å². The van der Waals surface area contributed by atoms with E-state index in [0.717, 1.165) is 0 Å². The van der Waals surface area contributed by atoms with Gasteiger partial charge in [0, 0.05) is 6.07 Å². The number of halogens is 1. The van der Waals surface area contributed by atoms with Crippen LogP contribution >= 0.6 is 11.6 Å². The van der Waals surface area contributed by atoms with Crippen molar-refractivity contribution in [1.29, 1.82) is 0 Å². The molecule has 1 aromatic heterocycles. The van der Waals surface area contributed by atoms with Crippen molar-refractivity contribution in [3.05, 3.63) is 11.2 Å². The first-order chi connectivity index (χ1) is 6.22. The number of nitrogens with two attached hydrogens (primary N) is 1. The van der Waals surface area contributed by atoms with Crippen LogP contribution in [-0.4, -0.2) is 16.5 Å². The smallest absolute Gasteiger partial charge is 0.223 e. The van der Waals surface area contributed by atoms with Crippen LogP contribution in [0.1, 0.15) is 6.92 Å². The summed E-state index contributed by atoms with van der Waals surface area (Å²) in [6, 6.07) is 1.59. The number of anilines is 2. The van der Waals surface area contributed by atoms with Crippen molar-refractivity contribution in [3.63, 3.8) is 0 Å². The molecular weight excluding hydrogens is 188 g/mol. The SMILES string of the molecule is CC#CCNc1cc(Cl)nc(N)n1. The summed E-state index contributed by atoms with van der Waals surface area (Å²) in [6.45, 7) is 2.28. The molecule has 1 rings (SSSR count). The van der Waals surface area contributed by atoms with Gasteiger partial charge in [-0.1, -0.05) is 17.5 Å². The highest BCUT2D eigenvalue weighted by molar-refractivity contribution is 6.29. The van der Waals surface area contributed by atoms with Crippen molar-refractivity contribution >= 4 is 23.4 Å². The number of nitrogen functional groups attached to an aromatic ring is 1. The topological polar surface area (TPSA) is 63.8 Å². The number of rotatable bonds is 2. The normalized spacial score (nSPS) is 8.77. The van der Waals surface area contributed by atoms with Crippen molar-refractivity contribution in [3.8, 4) is 11.8 Å². The molecule has 68 valence electrons. The molecule has 4 nitrogen and oxygen atoms in total. The van der Waals surface area contributed by atoms with E-state index in [1.54, 1.807) is 13.0 Å². The van der Waals surface area contributed by atoms with Gasteiger partial charge in [-0.2, -0.15) is 4.98 Å². The van der Waals surface area contributed by atoms with Crippen LogP contribution in [0.5, 0.6) is 0 Å². The average molecular weight is 197 g/mol. The molecule has 0 spiro atoms. The fourth-order valence-electron chi connectivity index (χ4n) is 0.749. The molecule has 0 atom stereocenters. The molecule has 0 saturated carbocycles. The Kier molecular flexibility index (Phi) is 3.35. The third-order valence-corrected chi connectivity index (χ3v) is 1.44. The highest BCUT2D eigenvalue weighted by Gasteiger charge is 1.97. The van der Waals surface area contributed by atoms with Gasteiger partial charge in [0.1, 0.15) is 11.0 Å². The Morgan fingerprint density at radius 2 is 2.38 bits per heavy atom. The van der Waals surface area contributed by atoms with Crippen LogP contribution in [0, 0.1) is 11.8 Å². The van der Waals surface area contributed by atoms with Crippen molar-refractivity contribution in [1.82, 2.24) is 9.97 Å². The molecular formula is C8H9ClN4. The summed E-state index contributed by atoms with van der Waals surface area (Å²) in [5.41, 5.74) is 5.38. The van der Waals surface area contributed by atoms with Gasteiger partial charge >= 0.3 is 0 Å². The maximum Gasteiger partial charge on any atom is 0.223 e. The molecule has 0 fully saturated rings. The second-order valence-corrected chi connectivity index (χ2v) is 2.60. The first-order valence-corrected chi connectivity index (χ1v) is 4.03. The highest BCUT2D eigenvalue weighted by atomic mass is 35.5. The molecule has 0 aromatic carbocycles. The Morgan fingerprint density at radius 3 is 3.00 bits per heavy atom. The Labute approximate surface area is 81.5 Å². The zero-order chi connectivity index (χ0) is 9.68. The zero-order valence-electron chi connectivity index (χ0n) is 7.13. The highest BCUT2D eigenvalue weighted by Crippen LogP contribution is 2.11. The fourth-order valence-corrected chi connectivity index (χ4v) is 0.939. The fraction of sp³-hybridized carbons (Fsp3) is 0.250. The van der Waals surface area contributed by atoms with Crippen LogP contribution in [0.25, 0.3) is 0 Å². The van der Waals surface area contributed by atoms with Gasteiger partial charge in [0.2, 0.25) is 5.95 Å². The van der Waals surface area contributed by atoms with E-state index >= 15 is 0 Å². The van der Waals surface area contributed by atoms with Crippen molar-refractivity contribution < 1.29 is 0 Å². The quantitative estimate of drug-likeness (QED) is 0.550. The second-order valence-electron chi connectivity index (χ2n) is 2.21. The molecule has 5 heteroatoms. The lowest BCUT2D eigenvalue weighted by Gasteiger charge is -2.01. The van der Waals surface area contributed by atoms with E-state index in [0.29, 0.717) is 17.5 Å². The average Bonchev–Trinajstić information content (AvgIpc) is 2.03. The van der Waals surface area contributed by atoms with Gasteiger partial charge in [-0.15, -0.1) is 5.92 Å². The lowest BCUT2D eigenvalue weighted by molar-refractivity contribution is 1.16. The van der Waals surface area contributed by atoms with Gasteiger partial charge in [-0.25, -0.2) is 4.98 Å². The number of hydrogen-bond acceptors (Lipinski definition) is 4. The van der Waals surface area contributed by atoms with E-state index < -0.39 is 0 Å². The Bertz CT molecular complexity index is 333. The van der Waals surface area contributed by atoms with E-state index in [4.69, 9.17) is 17.3 Å². The zero-order valence-corrected chi connectivity index (χ0v) is 7.89. The summed E-state index contributed by atoms with van der Waals surface area (Å²) in [4.78, 5) is 7.63. The minimum atomic E-state index is 0.152. The molecule has 0 aliphatic rings. The summed E-state index contributed by atoms with van der Waals surface area (Å²) in [6.07, 6.45) is 0. The number of nitrogens with one attached hydrogen (secondary N) is 1. The summed E-state index contributed by atoms with van der Waals surface area (Å²) in [5.74, 6) is 6.31. The maximum absolute atomic E-state index is 5.66. The molecule has 0 amide bonds. The first kappa shape index (κ1) is 9.62. The summed E-state index contributed by atoms with van der Waals surface area (Å²) in [5, 5.41) is 3.26. The Morgan fingerprint density at radius 1 is 1.62 bits per heavy atom. The van der Waals surface area contributed by atoms with Crippen LogP contribution in [0.4, 0.5) is 11.8 Å². The van der Waals surface area contributed by atoms with Crippen LogP contribution < -0.4 is 11.1 Å². The van der Waals surface area contributed by atoms with E-state index in [-0.39, 0.29) is 5.95 Å². The lowest BCUT2D eigenvalue weighted by Crippen LogP contribution is -2.04. The van der Waals surface area contributed by atoms with E-state index in [9.17, 15) is 0 Å².